The van der Waals surface area contributed by atoms with E-state index in [4.69, 9.17) is 9.47 Å². The maximum absolute atomic E-state index is 12.1. The molecule has 1 atom stereocenters. The van der Waals surface area contributed by atoms with Crippen molar-refractivity contribution in [2.75, 3.05) is 14.2 Å². The van der Waals surface area contributed by atoms with Gasteiger partial charge in [0.15, 0.2) is 11.5 Å². The number of urea groups is 1. The van der Waals surface area contributed by atoms with E-state index in [0.717, 1.165) is 31.2 Å². The van der Waals surface area contributed by atoms with E-state index in [9.17, 15) is 9.59 Å². The Kier molecular flexibility index (Phi) is 6.91. The standard InChI is InChI=1S/C18H27N3O4/c1-12(17(22)21-14-6-4-5-7-14)20-18(23)19-11-13-8-9-15(24-2)16(10-13)25-3/h8-10,12,14H,4-7,11H2,1-3H3,(H,21,22)(H2,19,20,23)/t12-/m1/s1. The summed E-state index contributed by atoms with van der Waals surface area (Å²) in [7, 11) is 3.13. The van der Waals surface area contributed by atoms with E-state index in [-0.39, 0.29) is 18.0 Å². The van der Waals surface area contributed by atoms with Crippen LogP contribution in [0.3, 0.4) is 0 Å². The molecule has 1 saturated carbocycles. The molecule has 1 fully saturated rings. The fourth-order valence-electron chi connectivity index (χ4n) is 2.88. The molecule has 0 saturated heterocycles. The fraction of sp³-hybridized carbons (Fsp3) is 0.556. The second-order valence-corrected chi connectivity index (χ2v) is 6.23. The predicted octanol–water partition coefficient (Wildman–Crippen LogP) is 1.95. The van der Waals surface area contributed by atoms with E-state index in [1.165, 1.54) is 0 Å². The maximum Gasteiger partial charge on any atom is 0.315 e. The smallest absolute Gasteiger partial charge is 0.315 e. The van der Waals surface area contributed by atoms with Crippen LogP contribution in [0.4, 0.5) is 4.79 Å². The van der Waals surface area contributed by atoms with Crippen LogP contribution in [0.15, 0.2) is 18.2 Å². The van der Waals surface area contributed by atoms with Crippen LogP contribution in [0.2, 0.25) is 0 Å². The Hall–Kier alpha value is -2.44. The Balaban J connectivity index is 1.78. The third kappa shape index (κ3) is 5.55. The molecule has 138 valence electrons. The topological polar surface area (TPSA) is 88.7 Å². The third-order valence-electron chi connectivity index (χ3n) is 4.34. The number of carbonyl (C=O) groups is 2. The van der Waals surface area contributed by atoms with E-state index in [2.05, 4.69) is 16.0 Å². The molecule has 7 heteroatoms. The molecule has 1 aliphatic carbocycles. The van der Waals surface area contributed by atoms with Gasteiger partial charge < -0.3 is 25.4 Å². The van der Waals surface area contributed by atoms with E-state index in [1.54, 1.807) is 33.3 Å². The van der Waals surface area contributed by atoms with E-state index in [0.29, 0.717) is 18.0 Å². The van der Waals surface area contributed by atoms with Crippen LogP contribution in [0.5, 0.6) is 11.5 Å². The molecule has 0 heterocycles. The lowest BCUT2D eigenvalue weighted by Gasteiger charge is -2.18. The second-order valence-electron chi connectivity index (χ2n) is 6.23. The summed E-state index contributed by atoms with van der Waals surface area (Å²) in [4.78, 5) is 24.1. The number of amides is 3. The number of hydrogen-bond acceptors (Lipinski definition) is 4. The van der Waals surface area contributed by atoms with Crippen molar-refractivity contribution < 1.29 is 19.1 Å². The van der Waals surface area contributed by atoms with E-state index >= 15 is 0 Å². The molecular formula is C18H27N3O4. The minimum atomic E-state index is -0.578. The summed E-state index contributed by atoms with van der Waals surface area (Å²) in [5.74, 6) is 1.09. The van der Waals surface area contributed by atoms with Crippen LogP contribution in [-0.2, 0) is 11.3 Å². The van der Waals surface area contributed by atoms with Gasteiger partial charge in [0.05, 0.1) is 14.2 Å². The lowest BCUT2D eigenvalue weighted by atomic mass is 10.2. The summed E-state index contributed by atoms with van der Waals surface area (Å²) < 4.78 is 10.4. The highest BCUT2D eigenvalue weighted by Gasteiger charge is 2.21. The Morgan fingerprint density at radius 2 is 1.84 bits per heavy atom. The van der Waals surface area contributed by atoms with Gasteiger partial charge in [0.2, 0.25) is 5.91 Å². The van der Waals surface area contributed by atoms with Gasteiger partial charge in [-0.25, -0.2) is 4.79 Å². The predicted molar refractivity (Wildman–Crippen MR) is 94.8 cm³/mol. The largest absolute Gasteiger partial charge is 0.493 e. The number of ether oxygens (including phenoxy) is 2. The number of hydrogen-bond donors (Lipinski definition) is 3. The molecule has 0 radical (unpaired) electrons. The number of nitrogens with one attached hydrogen (secondary N) is 3. The molecule has 1 aliphatic rings. The van der Waals surface area contributed by atoms with E-state index < -0.39 is 6.04 Å². The normalized spacial score (nSPS) is 15.3. The Labute approximate surface area is 148 Å². The quantitative estimate of drug-likeness (QED) is 0.702. The molecule has 0 aliphatic heterocycles. The minimum absolute atomic E-state index is 0.145. The van der Waals surface area contributed by atoms with Crippen LogP contribution < -0.4 is 25.4 Å². The van der Waals surface area contributed by atoms with Crippen LogP contribution in [-0.4, -0.2) is 38.2 Å². The van der Waals surface area contributed by atoms with Gasteiger partial charge in [-0.3, -0.25) is 4.79 Å². The summed E-state index contributed by atoms with van der Waals surface area (Å²) in [6.07, 6.45) is 4.34. The highest BCUT2D eigenvalue weighted by molar-refractivity contribution is 5.86. The van der Waals surface area contributed by atoms with Gasteiger partial charge in [-0.05, 0) is 37.5 Å². The number of methoxy groups -OCH3 is 2. The molecule has 0 unspecified atom stereocenters. The SMILES string of the molecule is COc1ccc(CNC(=O)N[C@H](C)C(=O)NC2CCCC2)cc1OC. The Bertz CT molecular complexity index is 600. The Morgan fingerprint density at radius 1 is 1.16 bits per heavy atom. The van der Waals surface area contributed by atoms with Crippen molar-refractivity contribution in [1.29, 1.82) is 0 Å². The number of benzene rings is 1. The highest BCUT2D eigenvalue weighted by Crippen LogP contribution is 2.27. The first-order chi connectivity index (χ1) is 12.0. The lowest BCUT2D eigenvalue weighted by molar-refractivity contribution is -0.123. The van der Waals surface area contributed by atoms with Crippen molar-refractivity contribution >= 4 is 11.9 Å². The van der Waals surface area contributed by atoms with Crippen LogP contribution in [0, 0.1) is 0 Å². The van der Waals surface area contributed by atoms with Crippen molar-refractivity contribution in [1.82, 2.24) is 16.0 Å². The summed E-state index contributed by atoms with van der Waals surface area (Å²) in [5, 5.41) is 8.37. The first-order valence-electron chi connectivity index (χ1n) is 8.59. The molecular weight excluding hydrogens is 322 g/mol. The monoisotopic (exact) mass is 349 g/mol. The molecule has 1 aromatic carbocycles. The van der Waals surface area contributed by atoms with Crippen molar-refractivity contribution in [2.24, 2.45) is 0 Å². The number of rotatable bonds is 7. The molecule has 2 rings (SSSR count). The summed E-state index contributed by atoms with van der Waals surface area (Å²) >= 11 is 0. The zero-order valence-corrected chi connectivity index (χ0v) is 15.1. The van der Waals surface area contributed by atoms with Crippen LogP contribution >= 0.6 is 0 Å². The summed E-state index contributed by atoms with van der Waals surface area (Å²) in [6, 6.07) is 4.71. The molecule has 0 bridgehead atoms. The van der Waals surface area contributed by atoms with Crippen molar-refractivity contribution in [2.45, 2.75) is 51.2 Å². The minimum Gasteiger partial charge on any atom is -0.493 e. The average Bonchev–Trinajstić information content (AvgIpc) is 3.12. The average molecular weight is 349 g/mol. The molecule has 0 spiro atoms. The van der Waals surface area contributed by atoms with Gasteiger partial charge in [0.25, 0.3) is 0 Å². The van der Waals surface area contributed by atoms with Gasteiger partial charge >= 0.3 is 6.03 Å². The van der Waals surface area contributed by atoms with Gasteiger partial charge in [0.1, 0.15) is 6.04 Å². The van der Waals surface area contributed by atoms with Crippen molar-refractivity contribution in [3.63, 3.8) is 0 Å². The molecule has 0 aromatic heterocycles. The lowest BCUT2D eigenvalue weighted by Crippen LogP contribution is -2.50. The van der Waals surface area contributed by atoms with Crippen LogP contribution in [0.1, 0.15) is 38.2 Å². The number of carbonyl (C=O) groups excluding carboxylic acids is 2. The maximum atomic E-state index is 12.1. The zero-order chi connectivity index (χ0) is 18.2. The van der Waals surface area contributed by atoms with Gasteiger partial charge in [0, 0.05) is 12.6 Å². The first-order valence-corrected chi connectivity index (χ1v) is 8.59. The summed E-state index contributed by atoms with van der Waals surface area (Å²) in [6.45, 7) is 2.00. The van der Waals surface area contributed by atoms with Crippen LogP contribution in [0.25, 0.3) is 0 Å². The highest BCUT2D eigenvalue weighted by atomic mass is 16.5. The third-order valence-corrected chi connectivity index (χ3v) is 4.34. The van der Waals surface area contributed by atoms with Crippen molar-refractivity contribution in [3.8, 4) is 11.5 Å². The second kappa shape index (κ2) is 9.15. The zero-order valence-electron chi connectivity index (χ0n) is 15.1. The van der Waals surface area contributed by atoms with Gasteiger partial charge in [-0.2, -0.15) is 0 Å². The molecule has 25 heavy (non-hydrogen) atoms. The fourth-order valence-corrected chi connectivity index (χ4v) is 2.88. The molecule has 7 nitrogen and oxygen atoms in total. The van der Waals surface area contributed by atoms with E-state index in [1.807, 2.05) is 6.07 Å². The molecule has 3 amide bonds. The van der Waals surface area contributed by atoms with Gasteiger partial charge in [-0.15, -0.1) is 0 Å². The summed E-state index contributed by atoms with van der Waals surface area (Å²) in [5.41, 5.74) is 0.871. The first kappa shape index (κ1) is 18.9. The molecule has 3 N–H and O–H groups in total. The Morgan fingerprint density at radius 3 is 2.48 bits per heavy atom. The van der Waals surface area contributed by atoms with Crippen molar-refractivity contribution in [3.05, 3.63) is 23.8 Å². The molecule has 1 aromatic rings. The van der Waals surface area contributed by atoms with Gasteiger partial charge in [-0.1, -0.05) is 18.9 Å².